The molecule has 3 aromatic carbocycles. The SMILES string of the molecule is Cc1cccc(S(=O)(=O)c2c(N)n(N=Cc3c[nH]c4ccccc34)c3nc4ccccc4nc23)c1. The minimum Gasteiger partial charge on any atom is -0.382 e. The second kappa shape index (κ2) is 7.78. The van der Waals surface area contributed by atoms with E-state index in [1.807, 2.05) is 61.7 Å². The predicted octanol–water partition coefficient (Wildman–Crippen LogP) is 4.67. The number of fused-ring (bicyclic) bond motifs is 3. The van der Waals surface area contributed by atoms with E-state index >= 15 is 0 Å². The highest BCUT2D eigenvalue weighted by molar-refractivity contribution is 7.92. The zero-order valence-corrected chi connectivity index (χ0v) is 19.5. The monoisotopic (exact) mass is 480 g/mol. The maximum absolute atomic E-state index is 13.8. The molecule has 0 amide bonds. The molecular formula is C26H20N6O2S. The molecule has 0 fully saturated rings. The predicted molar refractivity (Wildman–Crippen MR) is 137 cm³/mol. The van der Waals surface area contributed by atoms with Crippen molar-refractivity contribution in [1.82, 2.24) is 19.6 Å². The third kappa shape index (κ3) is 3.36. The van der Waals surface area contributed by atoms with Crippen molar-refractivity contribution in [2.75, 3.05) is 5.73 Å². The van der Waals surface area contributed by atoms with Crippen molar-refractivity contribution in [2.45, 2.75) is 16.7 Å². The Morgan fingerprint density at radius 2 is 1.71 bits per heavy atom. The molecule has 172 valence electrons. The molecule has 3 heterocycles. The molecule has 0 spiro atoms. The van der Waals surface area contributed by atoms with Crippen LogP contribution in [0.2, 0.25) is 0 Å². The average Bonchev–Trinajstić information content (AvgIpc) is 3.39. The second-order valence-corrected chi connectivity index (χ2v) is 10.2. The van der Waals surface area contributed by atoms with E-state index in [-0.39, 0.29) is 26.8 Å². The fraction of sp³-hybridized carbons (Fsp3) is 0.0385. The smallest absolute Gasteiger partial charge is 0.212 e. The molecule has 0 aliphatic heterocycles. The van der Waals surface area contributed by atoms with E-state index in [4.69, 9.17) is 5.73 Å². The fourth-order valence-electron chi connectivity index (χ4n) is 4.23. The number of nitrogens with two attached hydrogens (primary N) is 1. The lowest BCUT2D eigenvalue weighted by atomic mass is 10.2. The van der Waals surface area contributed by atoms with Gasteiger partial charge < -0.3 is 10.7 Å². The van der Waals surface area contributed by atoms with Gasteiger partial charge in [-0.1, -0.05) is 42.5 Å². The number of benzene rings is 3. The zero-order valence-electron chi connectivity index (χ0n) is 18.7. The third-order valence-electron chi connectivity index (χ3n) is 5.93. The summed E-state index contributed by atoms with van der Waals surface area (Å²) in [6, 6.07) is 21.8. The highest BCUT2D eigenvalue weighted by Gasteiger charge is 2.30. The Balaban J connectivity index is 1.63. The van der Waals surface area contributed by atoms with E-state index in [9.17, 15) is 8.42 Å². The number of hydrogen-bond donors (Lipinski definition) is 2. The van der Waals surface area contributed by atoms with Crippen LogP contribution < -0.4 is 5.73 Å². The second-order valence-electron chi connectivity index (χ2n) is 8.26. The molecule has 0 aliphatic rings. The van der Waals surface area contributed by atoms with E-state index in [1.54, 1.807) is 30.5 Å². The van der Waals surface area contributed by atoms with Gasteiger partial charge in [-0.3, -0.25) is 0 Å². The minimum absolute atomic E-state index is 0.0482. The average molecular weight is 481 g/mol. The Morgan fingerprint density at radius 1 is 0.971 bits per heavy atom. The molecule has 0 saturated carbocycles. The molecule has 0 bridgehead atoms. The Bertz CT molecular complexity index is 1900. The molecule has 0 unspecified atom stereocenters. The number of nitrogen functional groups attached to an aromatic ring is 1. The number of H-pyrrole nitrogens is 1. The van der Waals surface area contributed by atoms with Crippen molar-refractivity contribution >= 4 is 55.0 Å². The van der Waals surface area contributed by atoms with Crippen LogP contribution in [0.4, 0.5) is 5.82 Å². The van der Waals surface area contributed by atoms with E-state index in [1.165, 1.54) is 4.68 Å². The number of aromatic nitrogens is 4. The van der Waals surface area contributed by atoms with E-state index < -0.39 is 9.84 Å². The summed E-state index contributed by atoms with van der Waals surface area (Å²) in [6.07, 6.45) is 3.47. The lowest BCUT2D eigenvalue weighted by Gasteiger charge is -2.05. The maximum Gasteiger partial charge on any atom is 0.212 e. The number of rotatable bonds is 4. The van der Waals surface area contributed by atoms with Gasteiger partial charge in [0.05, 0.1) is 22.1 Å². The van der Waals surface area contributed by atoms with E-state index in [2.05, 4.69) is 20.1 Å². The number of nitrogens with zero attached hydrogens (tertiary/aromatic N) is 4. The summed E-state index contributed by atoms with van der Waals surface area (Å²) in [5, 5.41) is 5.54. The first kappa shape index (κ1) is 21.1. The van der Waals surface area contributed by atoms with Gasteiger partial charge in [-0.25, -0.2) is 18.4 Å². The van der Waals surface area contributed by atoms with Crippen LogP contribution in [0.5, 0.6) is 0 Å². The molecule has 8 nitrogen and oxygen atoms in total. The summed E-state index contributed by atoms with van der Waals surface area (Å²) in [4.78, 5) is 12.6. The first-order valence-corrected chi connectivity index (χ1v) is 12.4. The van der Waals surface area contributed by atoms with Crippen LogP contribution in [0.25, 0.3) is 33.1 Å². The molecule has 6 rings (SSSR count). The molecule has 3 N–H and O–H groups in total. The van der Waals surface area contributed by atoms with Crippen molar-refractivity contribution in [3.8, 4) is 0 Å². The standard InChI is InChI=1S/C26H20N6O2S/c1-16-7-6-8-18(13-16)35(33,34)24-23-26(31-22-12-5-4-11-21(22)30-23)32(25(24)27)29-15-17-14-28-20-10-3-2-9-19(17)20/h2-15,28H,27H2,1H3. The topological polar surface area (TPSA) is 119 Å². The number of anilines is 1. The molecule has 9 heteroatoms. The van der Waals surface area contributed by atoms with Gasteiger partial charge in [-0.15, -0.1) is 0 Å². The van der Waals surface area contributed by atoms with Gasteiger partial charge in [0, 0.05) is 22.7 Å². The number of sulfone groups is 1. The first-order chi connectivity index (χ1) is 16.9. The number of hydrogen-bond acceptors (Lipinski definition) is 6. The molecule has 0 atom stereocenters. The fourth-order valence-corrected chi connectivity index (χ4v) is 5.81. The van der Waals surface area contributed by atoms with Crippen molar-refractivity contribution in [1.29, 1.82) is 0 Å². The van der Waals surface area contributed by atoms with Crippen LogP contribution in [0.3, 0.4) is 0 Å². The Morgan fingerprint density at radius 3 is 2.51 bits per heavy atom. The lowest BCUT2D eigenvalue weighted by Crippen LogP contribution is -2.07. The summed E-state index contributed by atoms with van der Waals surface area (Å²) >= 11 is 0. The molecule has 0 saturated heterocycles. The van der Waals surface area contributed by atoms with Gasteiger partial charge in [0.1, 0.15) is 16.2 Å². The van der Waals surface area contributed by atoms with Crippen LogP contribution in [-0.2, 0) is 9.84 Å². The van der Waals surface area contributed by atoms with Crippen molar-refractivity contribution < 1.29 is 8.42 Å². The first-order valence-electron chi connectivity index (χ1n) is 10.9. The van der Waals surface area contributed by atoms with Gasteiger partial charge in [-0.05, 0) is 42.8 Å². The quantitative estimate of drug-likeness (QED) is 0.355. The van der Waals surface area contributed by atoms with Gasteiger partial charge in [0.2, 0.25) is 9.84 Å². The van der Waals surface area contributed by atoms with Crippen LogP contribution in [0.15, 0.2) is 93.9 Å². The van der Waals surface area contributed by atoms with Crippen LogP contribution in [0.1, 0.15) is 11.1 Å². The summed E-state index contributed by atoms with van der Waals surface area (Å²) in [6.45, 7) is 1.84. The van der Waals surface area contributed by atoms with E-state index in [0.717, 1.165) is 22.0 Å². The van der Waals surface area contributed by atoms with Gasteiger partial charge in [-0.2, -0.15) is 9.78 Å². The normalized spacial score (nSPS) is 12.4. The van der Waals surface area contributed by atoms with Gasteiger partial charge >= 0.3 is 0 Å². The molecule has 6 aromatic rings. The number of aromatic amines is 1. The molecule has 3 aromatic heterocycles. The van der Waals surface area contributed by atoms with Crippen molar-refractivity contribution in [3.05, 3.63) is 90.1 Å². The van der Waals surface area contributed by atoms with Crippen LogP contribution in [-0.4, -0.2) is 34.3 Å². The number of aryl methyl sites for hydroxylation is 1. The Hall–Kier alpha value is -4.50. The summed E-state index contributed by atoms with van der Waals surface area (Å²) < 4.78 is 28.9. The number of nitrogens with one attached hydrogen (secondary N) is 1. The van der Waals surface area contributed by atoms with Gasteiger partial charge in [0.15, 0.2) is 5.65 Å². The highest BCUT2D eigenvalue weighted by Crippen LogP contribution is 2.35. The summed E-state index contributed by atoms with van der Waals surface area (Å²) in [5.41, 5.74) is 10.7. The molecule has 0 radical (unpaired) electrons. The lowest BCUT2D eigenvalue weighted by molar-refractivity contribution is 0.597. The van der Waals surface area contributed by atoms with Crippen molar-refractivity contribution in [2.24, 2.45) is 5.10 Å². The number of para-hydroxylation sites is 3. The largest absolute Gasteiger partial charge is 0.382 e. The summed E-state index contributed by atoms with van der Waals surface area (Å²) in [5.74, 6) is -0.0482. The highest BCUT2D eigenvalue weighted by atomic mass is 32.2. The molecular weight excluding hydrogens is 460 g/mol. The minimum atomic E-state index is -4.00. The third-order valence-corrected chi connectivity index (χ3v) is 7.75. The maximum atomic E-state index is 13.8. The molecule has 0 aliphatic carbocycles. The Labute approximate surface area is 200 Å². The summed E-state index contributed by atoms with van der Waals surface area (Å²) in [7, 11) is -4.00. The van der Waals surface area contributed by atoms with E-state index in [0.29, 0.717) is 11.0 Å². The van der Waals surface area contributed by atoms with Crippen LogP contribution >= 0.6 is 0 Å². The van der Waals surface area contributed by atoms with Gasteiger partial charge in [0.25, 0.3) is 0 Å². The van der Waals surface area contributed by atoms with Crippen LogP contribution in [0, 0.1) is 6.92 Å². The van der Waals surface area contributed by atoms with Crippen molar-refractivity contribution in [3.63, 3.8) is 0 Å². The zero-order chi connectivity index (χ0) is 24.2. The Kier molecular flexibility index (Phi) is 4.68. The molecule has 35 heavy (non-hydrogen) atoms.